The minimum atomic E-state index is -1.32. The minimum absolute atomic E-state index is 0.121. The van der Waals surface area contributed by atoms with Crippen LogP contribution >= 0.6 is 11.8 Å². The van der Waals surface area contributed by atoms with E-state index in [0.29, 0.717) is 16.1 Å². The number of alkyl halides is 1. The van der Waals surface area contributed by atoms with Gasteiger partial charge in [0.25, 0.3) is 0 Å². The molecule has 1 aliphatic rings. The summed E-state index contributed by atoms with van der Waals surface area (Å²) in [4.78, 5) is 28.2. The molecule has 2 atom stereocenters. The molecule has 168 valence electrons. The number of benzene rings is 2. The Balaban J connectivity index is 1.82. The molecule has 0 fully saturated rings. The summed E-state index contributed by atoms with van der Waals surface area (Å²) in [6, 6.07) is 12.1. The van der Waals surface area contributed by atoms with Gasteiger partial charge in [0.05, 0.1) is 16.3 Å². The first-order valence-electron chi connectivity index (χ1n) is 10.5. The summed E-state index contributed by atoms with van der Waals surface area (Å²) in [7, 11) is 0. The Labute approximate surface area is 189 Å². The van der Waals surface area contributed by atoms with E-state index in [1.54, 1.807) is 21.6 Å². The van der Waals surface area contributed by atoms with Crippen molar-refractivity contribution in [2.45, 2.75) is 50.7 Å². The molecule has 2 aromatic carbocycles. The first-order chi connectivity index (χ1) is 15.3. The molecule has 0 saturated heterocycles. The second-order valence-electron chi connectivity index (χ2n) is 8.11. The third-order valence-corrected chi connectivity index (χ3v) is 6.70. The van der Waals surface area contributed by atoms with Crippen LogP contribution in [0.1, 0.15) is 44.2 Å². The molecule has 2 heterocycles. The summed E-state index contributed by atoms with van der Waals surface area (Å²) in [5.41, 5.74) is 2.07. The predicted octanol–water partition coefficient (Wildman–Crippen LogP) is 4.97. The van der Waals surface area contributed by atoms with E-state index in [-0.39, 0.29) is 36.0 Å². The molecular formula is C24H25F2N3O2S. The third-order valence-electron chi connectivity index (χ3n) is 5.62. The number of fused-ring (bicyclic) bond motifs is 3. The monoisotopic (exact) mass is 457 g/mol. The van der Waals surface area contributed by atoms with E-state index in [9.17, 15) is 18.4 Å². The third kappa shape index (κ3) is 3.99. The summed E-state index contributed by atoms with van der Waals surface area (Å²) < 4.78 is 29.5. The fourth-order valence-electron chi connectivity index (χ4n) is 4.25. The van der Waals surface area contributed by atoms with Crippen LogP contribution in [0.2, 0.25) is 0 Å². The van der Waals surface area contributed by atoms with Crippen LogP contribution in [-0.2, 0) is 16.1 Å². The number of para-hydroxylation sites is 1. The summed E-state index contributed by atoms with van der Waals surface area (Å²) in [6.45, 7) is 5.37. The number of hydrogen-bond acceptors (Lipinski definition) is 3. The van der Waals surface area contributed by atoms with Crippen LogP contribution in [0, 0.1) is 5.82 Å². The molecule has 2 unspecified atom stereocenters. The van der Waals surface area contributed by atoms with Gasteiger partial charge in [-0.2, -0.15) is 0 Å². The molecule has 0 saturated carbocycles. The number of carbonyl (C=O) groups excluding carboxylic acids is 2. The lowest BCUT2D eigenvalue weighted by atomic mass is 10.0. The molecule has 0 aliphatic carbocycles. The van der Waals surface area contributed by atoms with E-state index < -0.39 is 12.3 Å². The Bertz CT molecular complexity index is 1160. The van der Waals surface area contributed by atoms with E-state index in [1.807, 2.05) is 38.1 Å². The molecule has 1 aromatic heterocycles. The number of thioether (sulfide) groups is 1. The van der Waals surface area contributed by atoms with Gasteiger partial charge < -0.3 is 14.8 Å². The van der Waals surface area contributed by atoms with E-state index in [2.05, 4.69) is 5.32 Å². The number of rotatable bonds is 5. The SMILES string of the molecule is CC(C)N1C(=O)CSc2c(c3ccccc3n2C(C)F)C1C(=O)NCc1ccc(F)cc1. The molecule has 8 heteroatoms. The van der Waals surface area contributed by atoms with Crippen LogP contribution < -0.4 is 5.32 Å². The van der Waals surface area contributed by atoms with Crippen LogP contribution in [0.15, 0.2) is 53.6 Å². The Hall–Kier alpha value is -2.87. The van der Waals surface area contributed by atoms with Gasteiger partial charge in [0.1, 0.15) is 11.9 Å². The number of halogens is 2. The molecule has 32 heavy (non-hydrogen) atoms. The smallest absolute Gasteiger partial charge is 0.247 e. The van der Waals surface area contributed by atoms with Crippen molar-refractivity contribution in [3.05, 3.63) is 65.5 Å². The van der Waals surface area contributed by atoms with Crippen LogP contribution in [0.5, 0.6) is 0 Å². The highest BCUT2D eigenvalue weighted by molar-refractivity contribution is 8.00. The fraction of sp³-hybridized carbons (Fsp3) is 0.333. The Morgan fingerprint density at radius 1 is 1.16 bits per heavy atom. The van der Waals surface area contributed by atoms with Crippen molar-refractivity contribution in [3.63, 3.8) is 0 Å². The highest BCUT2D eigenvalue weighted by Gasteiger charge is 2.40. The molecule has 4 rings (SSSR count). The molecule has 5 nitrogen and oxygen atoms in total. The van der Waals surface area contributed by atoms with E-state index >= 15 is 0 Å². The lowest BCUT2D eigenvalue weighted by Gasteiger charge is -2.33. The maximum absolute atomic E-state index is 14.7. The van der Waals surface area contributed by atoms with Gasteiger partial charge in [0.15, 0.2) is 6.30 Å². The summed E-state index contributed by atoms with van der Waals surface area (Å²) in [5.74, 6) is -0.759. The van der Waals surface area contributed by atoms with Gasteiger partial charge in [-0.3, -0.25) is 9.59 Å². The first kappa shape index (κ1) is 22.3. The average Bonchev–Trinajstić information content (AvgIpc) is 3.00. The van der Waals surface area contributed by atoms with Crippen molar-refractivity contribution in [2.24, 2.45) is 0 Å². The maximum atomic E-state index is 14.7. The van der Waals surface area contributed by atoms with Crippen molar-refractivity contribution in [1.29, 1.82) is 0 Å². The van der Waals surface area contributed by atoms with Gasteiger partial charge in [-0.15, -0.1) is 0 Å². The zero-order valence-corrected chi connectivity index (χ0v) is 19.0. The summed E-state index contributed by atoms with van der Waals surface area (Å²) in [5, 5.41) is 4.25. The van der Waals surface area contributed by atoms with Gasteiger partial charge in [0.2, 0.25) is 11.8 Å². The van der Waals surface area contributed by atoms with Gasteiger partial charge in [0, 0.05) is 23.5 Å². The van der Waals surface area contributed by atoms with Gasteiger partial charge >= 0.3 is 0 Å². The maximum Gasteiger partial charge on any atom is 0.247 e. The minimum Gasteiger partial charge on any atom is -0.350 e. The van der Waals surface area contributed by atoms with E-state index in [4.69, 9.17) is 0 Å². The Kier molecular flexibility index (Phi) is 6.24. The average molecular weight is 458 g/mol. The second kappa shape index (κ2) is 8.94. The summed E-state index contributed by atoms with van der Waals surface area (Å²) in [6.07, 6.45) is -1.32. The fourth-order valence-corrected chi connectivity index (χ4v) is 5.42. The van der Waals surface area contributed by atoms with Crippen molar-refractivity contribution in [2.75, 3.05) is 5.75 Å². The van der Waals surface area contributed by atoms with Crippen LogP contribution in [-0.4, -0.2) is 33.1 Å². The van der Waals surface area contributed by atoms with Crippen LogP contribution in [0.4, 0.5) is 8.78 Å². The molecule has 1 N–H and O–H groups in total. The van der Waals surface area contributed by atoms with Gasteiger partial charge in [-0.1, -0.05) is 42.1 Å². The van der Waals surface area contributed by atoms with Gasteiger partial charge in [-0.25, -0.2) is 8.78 Å². The highest BCUT2D eigenvalue weighted by Crippen LogP contribution is 2.44. The topological polar surface area (TPSA) is 54.3 Å². The molecule has 3 aromatic rings. The predicted molar refractivity (Wildman–Crippen MR) is 121 cm³/mol. The van der Waals surface area contributed by atoms with Crippen LogP contribution in [0.3, 0.4) is 0 Å². The number of nitrogens with zero attached hydrogens (tertiary/aromatic N) is 2. The quantitative estimate of drug-likeness (QED) is 0.589. The van der Waals surface area contributed by atoms with Crippen LogP contribution in [0.25, 0.3) is 10.9 Å². The number of nitrogens with one attached hydrogen (secondary N) is 1. The molecule has 0 radical (unpaired) electrons. The first-order valence-corrected chi connectivity index (χ1v) is 11.5. The second-order valence-corrected chi connectivity index (χ2v) is 9.07. The van der Waals surface area contributed by atoms with E-state index in [0.717, 1.165) is 10.9 Å². The lowest BCUT2D eigenvalue weighted by Crippen LogP contribution is -2.46. The van der Waals surface area contributed by atoms with Crippen molar-refractivity contribution >= 4 is 34.5 Å². The van der Waals surface area contributed by atoms with Crippen molar-refractivity contribution < 1.29 is 18.4 Å². The lowest BCUT2D eigenvalue weighted by molar-refractivity contribution is -0.140. The van der Waals surface area contributed by atoms with Gasteiger partial charge in [-0.05, 0) is 44.5 Å². The highest BCUT2D eigenvalue weighted by atomic mass is 32.2. The zero-order chi connectivity index (χ0) is 23.0. The van der Waals surface area contributed by atoms with Crippen molar-refractivity contribution in [1.82, 2.24) is 14.8 Å². The molecule has 0 bridgehead atoms. The number of hydrogen-bond donors (Lipinski definition) is 1. The number of aromatic nitrogens is 1. The molecule has 2 amide bonds. The Morgan fingerprint density at radius 3 is 2.50 bits per heavy atom. The summed E-state index contributed by atoms with van der Waals surface area (Å²) >= 11 is 1.27. The number of carbonyl (C=O) groups is 2. The normalized spacial score (nSPS) is 17.4. The van der Waals surface area contributed by atoms with Crippen molar-refractivity contribution in [3.8, 4) is 0 Å². The standard InChI is InChI=1S/C24H25F2N3O2S/c1-14(2)28-20(30)13-32-24-21(18-6-4-5-7-19(18)29(24)15(3)25)22(28)23(31)27-12-16-8-10-17(26)11-9-16/h4-11,14-15,22H,12-13H2,1-3H3,(H,27,31). The molecule has 0 spiro atoms. The van der Waals surface area contributed by atoms with E-state index in [1.165, 1.54) is 30.8 Å². The zero-order valence-electron chi connectivity index (χ0n) is 18.1. The largest absolute Gasteiger partial charge is 0.350 e. The number of amides is 2. The molecular weight excluding hydrogens is 432 g/mol. The Morgan fingerprint density at radius 2 is 1.84 bits per heavy atom. The molecule has 1 aliphatic heterocycles.